The summed E-state index contributed by atoms with van der Waals surface area (Å²) in [5.74, 6) is -0.230. The number of hydrogen-bond donors (Lipinski definition) is 1. The molecule has 1 aliphatic rings. The van der Waals surface area contributed by atoms with Crippen LogP contribution >= 0.6 is 27.5 Å². The zero-order valence-electron chi connectivity index (χ0n) is 16.4. The van der Waals surface area contributed by atoms with E-state index in [1.807, 2.05) is 26.0 Å². The van der Waals surface area contributed by atoms with Crippen LogP contribution in [-0.4, -0.2) is 29.7 Å². The zero-order valence-corrected chi connectivity index (χ0v) is 18.7. The van der Waals surface area contributed by atoms with Crippen molar-refractivity contribution in [1.82, 2.24) is 5.01 Å². The minimum Gasteiger partial charge on any atom is -0.324 e. The summed E-state index contributed by atoms with van der Waals surface area (Å²) in [5, 5.41) is 8.63. The first-order valence-corrected chi connectivity index (χ1v) is 10.5. The maximum atomic E-state index is 13.0. The molecule has 1 unspecified atom stereocenters. The fraction of sp³-hybridized carbons (Fsp3) is 0.333. The van der Waals surface area contributed by atoms with Crippen molar-refractivity contribution in [2.45, 2.75) is 26.4 Å². The molecule has 1 N–H and O–H groups in total. The number of rotatable bonds is 5. The third-order valence-electron chi connectivity index (χ3n) is 5.13. The average Bonchev–Trinajstić information content (AvgIpc) is 2.99. The maximum Gasteiger partial charge on any atom is 0.417 e. The largest absolute Gasteiger partial charge is 0.417 e. The Bertz CT molecular complexity index is 978. The van der Waals surface area contributed by atoms with Crippen LogP contribution < -0.4 is 5.32 Å². The van der Waals surface area contributed by atoms with Gasteiger partial charge in [0.2, 0.25) is 5.91 Å². The van der Waals surface area contributed by atoms with E-state index in [4.69, 9.17) is 11.6 Å². The van der Waals surface area contributed by atoms with E-state index in [2.05, 4.69) is 26.3 Å². The van der Waals surface area contributed by atoms with Gasteiger partial charge in [0, 0.05) is 22.1 Å². The summed E-state index contributed by atoms with van der Waals surface area (Å²) in [6.07, 6.45) is -3.81. The lowest BCUT2D eigenvalue weighted by molar-refractivity contribution is -0.137. The van der Waals surface area contributed by atoms with Gasteiger partial charge >= 0.3 is 6.18 Å². The molecular formula is C21H20BrClF3N3O. The van der Waals surface area contributed by atoms with Crippen LogP contribution in [0.5, 0.6) is 0 Å². The minimum atomic E-state index is -4.52. The first-order chi connectivity index (χ1) is 14.0. The van der Waals surface area contributed by atoms with Crippen LogP contribution in [0.3, 0.4) is 0 Å². The summed E-state index contributed by atoms with van der Waals surface area (Å²) in [7, 11) is 0. The fourth-order valence-electron chi connectivity index (χ4n) is 3.34. The SMILES string of the molecule is CCC1(C)CN(CC(=O)Nc2ccc(Br)cc2)N=C1c1ccc(C(F)(F)F)c(Cl)c1. The predicted molar refractivity (Wildman–Crippen MR) is 116 cm³/mol. The number of anilines is 1. The van der Waals surface area contributed by atoms with Gasteiger partial charge in [0.1, 0.15) is 6.54 Å². The van der Waals surface area contributed by atoms with Crippen LogP contribution in [0.4, 0.5) is 18.9 Å². The van der Waals surface area contributed by atoms with Crippen molar-refractivity contribution in [3.8, 4) is 0 Å². The molecule has 9 heteroatoms. The van der Waals surface area contributed by atoms with E-state index < -0.39 is 17.2 Å². The number of alkyl halides is 3. The lowest BCUT2D eigenvalue weighted by Gasteiger charge is -2.25. The van der Waals surface area contributed by atoms with Crippen LogP contribution in [0.25, 0.3) is 0 Å². The average molecular weight is 503 g/mol. The van der Waals surface area contributed by atoms with Crippen molar-refractivity contribution in [3.63, 3.8) is 0 Å². The maximum absolute atomic E-state index is 13.0. The summed E-state index contributed by atoms with van der Waals surface area (Å²) in [5.41, 5.74) is 0.515. The molecule has 4 nitrogen and oxygen atoms in total. The van der Waals surface area contributed by atoms with Gasteiger partial charge in [-0.3, -0.25) is 9.80 Å². The molecule has 0 saturated heterocycles. The van der Waals surface area contributed by atoms with E-state index in [0.29, 0.717) is 29.9 Å². The van der Waals surface area contributed by atoms with Gasteiger partial charge in [-0.1, -0.05) is 47.4 Å². The van der Waals surface area contributed by atoms with E-state index in [9.17, 15) is 18.0 Å². The molecule has 1 atom stereocenters. The number of carbonyl (C=O) groups is 1. The third kappa shape index (κ3) is 4.98. The van der Waals surface area contributed by atoms with E-state index in [1.165, 1.54) is 12.1 Å². The number of benzene rings is 2. The van der Waals surface area contributed by atoms with Crippen LogP contribution in [-0.2, 0) is 11.0 Å². The Labute approximate surface area is 186 Å². The molecule has 0 fully saturated rings. The number of amides is 1. The first-order valence-electron chi connectivity index (χ1n) is 9.28. The third-order valence-corrected chi connectivity index (χ3v) is 5.97. The molecule has 2 aromatic carbocycles. The van der Waals surface area contributed by atoms with Gasteiger partial charge in [0.15, 0.2) is 0 Å². The van der Waals surface area contributed by atoms with Gasteiger partial charge in [-0.15, -0.1) is 0 Å². The predicted octanol–water partition coefficient (Wildman–Crippen LogP) is 6.20. The molecule has 30 heavy (non-hydrogen) atoms. The highest BCUT2D eigenvalue weighted by atomic mass is 79.9. The van der Waals surface area contributed by atoms with Gasteiger partial charge in [-0.25, -0.2) is 0 Å². The topological polar surface area (TPSA) is 44.7 Å². The van der Waals surface area contributed by atoms with Gasteiger partial charge in [-0.05, 0) is 48.4 Å². The Morgan fingerprint density at radius 3 is 2.50 bits per heavy atom. The second-order valence-electron chi connectivity index (χ2n) is 7.43. The summed E-state index contributed by atoms with van der Waals surface area (Å²) >= 11 is 9.24. The molecule has 0 aliphatic carbocycles. The number of hydrazone groups is 1. The molecule has 1 amide bonds. The van der Waals surface area contributed by atoms with Crippen molar-refractivity contribution in [1.29, 1.82) is 0 Å². The van der Waals surface area contributed by atoms with E-state index in [0.717, 1.165) is 10.5 Å². The van der Waals surface area contributed by atoms with Gasteiger partial charge in [0.25, 0.3) is 0 Å². The highest BCUT2D eigenvalue weighted by molar-refractivity contribution is 9.10. The number of carbonyl (C=O) groups excluding carboxylic acids is 1. The molecular weight excluding hydrogens is 483 g/mol. The Balaban J connectivity index is 1.80. The van der Waals surface area contributed by atoms with Crippen LogP contribution in [0.2, 0.25) is 5.02 Å². The standard InChI is InChI=1S/C21H20BrClF3N3O/c1-3-20(2)12-29(11-18(30)27-15-7-5-14(22)6-8-15)28-19(20)13-4-9-16(17(23)10-13)21(24,25)26/h4-10H,3,11-12H2,1-2H3,(H,27,30). The molecule has 0 aromatic heterocycles. The van der Waals surface area contributed by atoms with Crippen molar-refractivity contribution in [2.75, 3.05) is 18.4 Å². The van der Waals surface area contributed by atoms with Crippen molar-refractivity contribution < 1.29 is 18.0 Å². The number of nitrogens with one attached hydrogen (secondary N) is 1. The number of hydrogen-bond acceptors (Lipinski definition) is 3. The Morgan fingerprint density at radius 1 is 1.27 bits per heavy atom. The summed E-state index contributed by atoms with van der Waals surface area (Å²) in [4.78, 5) is 12.4. The van der Waals surface area contributed by atoms with Crippen LogP contribution in [0.15, 0.2) is 52.0 Å². The highest BCUT2D eigenvalue weighted by Gasteiger charge is 2.39. The van der Waals surface area contributed by atoms with Crippen molar-refractivity contribution in [2.24, 2.45) is 10.5 Å². The lowest BCUT2D eigenvalue weighted by atomic mass is 9.80. The van der Waals surface area contributed by atoms with E-state index in [-0.39, 0.29) is 17.5 Å². The van der Waals surface area contributed by atoms with Crippen molar-refractivity contribution in [3.05, 3.63) is 63.1 Å². The quantitative estimate of drug-likeness (QED) is 0.529. The monoisotopic (exact) mass is 501 g/mol. The van der Waals surface area contributed by atoms with E-state index >= 15 is 0 Å². The molecule has 0 bridgehead atoms. The molecule has 0 radical (unpaired) electrons. The second-order valence-corrected chi connectivity index (χ2v) is 8.76. The molecule has 0 spiro atoms. The Hall–Kier alpha value is -2.06. The Morgan fingerprint density at radius 2 is 1.93 bits per heavy atom. The molecule has 3 rings (SSSR count). The van der Waals surface area contributed by atoms with Gasteiger partial charge in [0.05, 0.1) is 16.3 Å². The molecule has 160 valence electrons. The molecule has 1 aliphatic heterocycles. The highest BCUT2D eigenvalue weighted by Crippen LogP contribution is 2.38. The molecule has 1 heterocycles. The summed E-state index contributed by atoms with van der Waals surface area (Å²) in [6, 6.07) is 10.9. The first kappa shape index (κ1) is 22.6. The van der Waals surface area contributed by atoms with Crippen LogP contribution in [0, 0.1) is 5.41 Å². The zero-order chi connectivity index (χ0) is 22.1. The smallest absolute Gasteiger partial charge is 0.324 e. The van der Waals surface area contributed by atoms with E-state index in [1.54, 1.807) is 17.1 Å². The van der Waals surface area contributed by atoms with Gasteiger partial charge < -0.3 is 5.32 Å². The summed E-state index contributed by atoms with van der Waals surface area (Å²) in [6.45, 7) is 4.46. The van der Waals surface area contributed by atoms with Crippen molar-refractivity contribution >= 4 is 44.8 Å². The lowest BCUT2D eigenvalue weighted by Crippen LogP contribution is -2.34. The fourth-order valence-corrected chi connectivity index (χ4v) is 3.90. The molecule has 0 saturated carbocycles. The second kappa shape index (κ2) is 8.59. The summed E-state index contributed by atoms with van der Waals surface area (Å²) < 4.78 is 39.9. The number of halogens is 5. The molecule has 2 aromatic rings. The Kier molecular flexibility index (Phi) is 6.48. The normalized spacial score (nSPS) is 19.0. The van der Waals surface area contributed by atoms with Crippen LogP contribution in [0.1, 0.15) is 31.4 Å². The van der Waals surface area contributed by atoms with Gasteiger partial charge in [-0.2, -0.15) is 18.3 Å². The minimum absolute atomic E-state index is 0.0313. The number of nitrogens with zero attached hydrogens (tertiary/aromatic N) is 2.